The first kappa shape index (κ1) is 14.3. The fourth-order valence-electron chi connectivity index (χ4n) is 2.01. The highest BCUT2D eigenvalue weighted by Crippen LogP contribution is 2.26. The molecule has 0 bridgehead atoms. The maximum Gasteiger partial charge on any atom is 0.287 e. The van der Waals surface area contributed by atoms with Crippen molar-refractivity contribution < 1.29 is 14.5 Å². The van der Waals surface area contributed by atoms with E-state index >= 15 is 0 Å². The summed E-state index contributed by atoms with van der Waals surface area (Å²) < 4.78 is 0. The van der Waals surface area contributed by atoms with E-state index in [0.29, 0.717) is 13.1 Å². The number of piperazine rings is 1. The Labute approximate surface area is 119 Å². The van der Waals surface area contributed by atoms with Crippen LogP contribution in [0.3, 0.4) is 0 Å². The van der Waals surface area contributed by atoms with Crippen LogP contribution in [0.25, 0.3) is 0 Å². The molecule has 20 heavy (non-hydrogen) atoms. The lowest BCUT2D eigenvalue weighted by Crippen LogP contribution is -2.55. The van der Waals surface area contributed by atoms with Crippen LogP contribution in [0.1, 0.15) is 17.3 Å². The predicted octanol–water partition coefficient (Wildman–Crippen LogP) is 1.21. The molecule has 1 fully saturated rings. The van der Waals surface area contributed by atoms with Gasteiger partial charge in [0.1, 0.15) is 11.1 Å². The minimum Gasteiger partial charge on any atom is -0.353 e. The summed E-state index contributed by atoms with van der Waals surface area (Å²) in [7, 11) is 0. The number of hydrogen-bond acceptors (Lipinski definition) is 4. The maximum atomic E-state index is 12.3. The maximum absolute atomic E-state index is 12.3. The van der Waals surface area contributed by atoms with Gasteiger partial charge in [0.05, 0.1) is 4.92 Å². The molecule has 1 aliphatic rings. The first-order chi connectivity index (χ1) is 9.41. The van der Waals surface area contributed by atoms with Gasteiger partial charge in [-0.15, -0.1) is 0 Å². The molecule has 0 spiro atoms. The van der Waals surface area contributed by atoms with Crippen LogP contribution < -0.4 is 5.32 Å². The van der Waals surface area contributed by atoms with E-state index in [1.165, 1.54) is 23.1 Å². The Kier molecular flexibility index (Phi) is 3.89. The first-order valence-corrected chi connectivity index (χ1v) is 6.32. The largest absolute Gasteiger partial charge is 0.353 e. The van der Waals surface area contributed by atoms with Gasteiger partial charge in [-0.25, -0.2) is 0 Å². The number of halogens is 1. The lowest BCUT2D eigenvalue weighted by molar-refractivity contribution is -0.384. The van der Waals surface area contributed by atoms with Crippen LogP contribution in [0.15, 0.2) is 18.2 Å². The van der Waals surface area contributed by atoms with E-state index in [-0.39, 0.29) is 28.1 Å². The van der Waals surface area contributed by atoms with E-state index < -0.39 is 11.0 Å². The number of amides is 2. The second-order valence-corrected chi connectivity index (χ2v) is 4.80. The average molecular weight is 298 g/mol. The Morgan fingerprint density at radius 2 is 2.25 bits per heavy atom. The smallest absolute Gasteiger partial charge is 0.287 e. The van der Waals surface area contributed by atoms with Crippen molar-refractivity contribution in [3.05, 3.63) is 38.9 Å². The highest BCUT2D eigenvalue weighted by Gasteiger charge is 2.30. The van der Waals surface area contributed by atoms with Crippen LogP contribution in [-0.2, 0) is 4.79 Å². The van der Waals surface area contributed by atoms with Crippen molar-refractivity contribution in [3.63, 3.8) is 0 Å². The topological polar surface area (TPSA) is 92.6 Å². The lowest BCUT2D eigenvalue weighted by Gasteiger charge is -2.32. The Bertz CT molecular complexity index is 590. The number of carbonyl (C=O) groups excluding carboxylic acids is 2. The van der Waals surface area contributed by atoms with Crippen LogP contribution >= 0.6 is 11.6 Å². The summed E-state index contributed by atoms with van der Waals surface area (Å²) in [6.45, 7) is 2.40. The number of hydrogen-bond donors (Lipinski definition) is 1. The fourth-order valence-corrected chi connectivity index (χ4v) is 2.26. The van der Waals surface area contributed by atoms with Crippen LogP contribution in [0.5, 0.6) is 0 Å². The highest BCUT2D eigenvalue weighted by molar-refractivity contribution is 6.33. The van der Waals surface area contributed by atoms with E-state index in [2.05, 4.69) is 5.32 Å². The van der Waals surface area contributed by atoms with Crippen LogP contribution in [0.2, 0.25) is 5.02 Å². The van der Waals surface area contributed by atoms with E-state index in [9.17, 15) is 19.7 Å². The first-order valence-electron chi connectivity index (χ1n) is 5.94. The van der Waals surface area contributed by atoms with Crippen molar-refractivity contribution in [2.75, 3.05) is 13.1 Å². The summed E-state index contributed by atoms with van der Waals surface area (Å²) in [6.07, 6.45) is 0. The zero-order valence-electron chi connectivity index (χ0n) is 10.6. The summed E-state index contributed by atoms with van der Waals surface area (Å²) in [4.78, 5) is 35.3. The van der Waals surface area contributed by atoms with Crippen molar-refractivity contribution in [2.24, 2.45) is 0 Å². The SMILES string of the molecule is CC1C(=O)NCCN1C(=O)c1ccc([N+](=O)[O-])c(Cl)c1. The lowest BCUT2D eigenvalue weighted by atomic mass is 10.1. The molecule has 1 heterocycles. The third kappa shape index (κ3) is 2.57. The van der Waals surface area contributed by atoms with E-state index in [4.69, 9.17) is 11.6 Å². The van der Waals surface area contributed by atoms with Crippen molar-refractivity contribution in [1.29, 1.82) is 0 Å². The zero-order valence-corrected chi connectivity index (χ0v) is 11.4. The molecule has 0 aliphatic carbocycles. The Morgan fingerprint density at radius 1 is 1.55 bits per heavy atom. The van der Waals surface area contributed by atoms with Gasteiger partial charge in [-0.05, 0) is 19.1 Å². The van der Waals surface area contributed by atoms with E-state index in [0.717, 1.165) is 0 Å². The number of nitrogens with one attached hydrogen (secondary N) is 1. The summed E-state index contributed by atoms with van der Waals surface area (Å²) >= 11 is 5.78. The van der Waals surface area contributed by atoms with Crippen molar-refractivity contribution >= 4 is 29.1 Å². The summed E-state index contributed by atoms with van der Waals surface area (Å²) in [5.74, 6) is -0.596. The minimum atomic E-state index is -0.618. The van der Waals surface area contributed by atoms with Crippen LogP contribution in [0, 0.1) is 10.1 Å². The summed E-state index contributed by atoms with van der Waals surface area (Å²) in [5, 5.41) is 13.2. The van der Waals surface area contributed by atoms with Gasteiger partial charge < -0.3 is 10.2 Å². The number of benzene rings is 1. The molecule has 0 aromatic heterocycles. The third-order valence-corrected chi connectivity index (χ3v) is 3.45. The zero-order chi connectivity index (χ0) is 14.9. The molecule has 1 saturated heterocycles. The standard InChI is InChI=1S/C12H12ClN3O4/c1-7-11(17)14-4-5-15(7)12(18)8-2-3-10(16(19)20)9(13)6-8/h2-3,6-7H,4-5H2,1H3,(H,14,17). The Morgan fingerprint density at radius 3 is 2.85 bits per heavy atom. The van der Waals surface area contributed by atoms with Gasteiger partial charge in [-0.1, -0.05) is 11.6 Å². The average Bonchev–Trinajstić information content (AvgIpc) is 2.40. The molecular weight excluding hydrogens is 286 g/mol. The van der Waals surface area contributed by atoms with Gasteiger partial charge in [0.15, 0.2) is 0 Å². The fraction of sp³-hybridized carbons (Fsp3) is 0.333. The molecule has 1 atom stereocenters. The van der Waals surface area contributed by atoms with E-state index in [1.807, 2.05) is 0 Å². The van der Waals surface area contributed by atoms with Crippen molar-refractivity contribution in [1.82, 2.24) is 10.2 Å². The quantitative estimate of drug-likeness (QED) is 0.656. The van der Waals surface area contributed by atoms with Gasteiger partial charge in [0, 0.05) is 24.7 Å². The van der Waals surface area contributed by atoms with Crippen molar-refractivity contribution in [3.8, 4) is 0 Å². The second-order valence-electron chi connectivity index (χ2n) is 4.39. The second kappa shape index (κ2) is 5.46. The number of nitro benzene ring substituents is 1. The minimum absolute atomic E-state index is 0.102. The number of nitro groups is 1. The molecular formula is C12H12ClN3O4. The molecule has 7 nitrogen and oxygen atoms in total. The summed E-state index contributed by atoms with van der Waals surface area (Å²) in [5.41, 5.74) is -0.0326. The molecule has 1 unspecified atom stereocenters. The van der Waals surface area contributed by atoms with Gasteiger partial charge in [-0.3, -0.25) is 19.7 Å². The molecule has 8 heteroatoms. The normalized spacial score (nSPS) is 18.6. The number of carbonyl (C=O) groups is 2. The van der Waals surface area contributed by atoms with Gasteiger partial charge in [0.2, 0.25) is 5.91 Å². The van der Waals surface area contributed by atoms with Crippen molar-refractivity contribution in [2.45, 2.75) is 13.0 Å². The highest BCUT2D eigenvalue weighted by atomic mass is 35.5. The molecule has 106 valence electrons. The molecule has 0 saturated carbocycles. The molecule has 1 aromatic rings. The number of nitrogens with zero attached hydrogens (tertiary/aromatic N) is 2. The summed E-state index contributed by atoms with van der Waals surface area (Å²) in [6, 6.07) is 3.20. The molecule has 1 aliphatic heterocycles. The molecule has 1 aromatic carbocycles. The third-order valence-electron chi connectivity index (χ3n) is 3.15. The van der Waals surface area contributed by atoms with Gasteiger partial charge in [0.25, 0.3) is 11.6 Å². The number of rotatable bonds is 2. The molecule has 0 radical (unpaired) electrons. The monoisotopic (exact) mass is 297 g/mol. The van der Waals surface area contributed by atoms with Crippen LogP contribution in [-0.4, -0.2) is 40.8 Å². The van der Waals surface area contributed by atoms with Gasteiger partial charge >= 0.3 is 0 Å². The Hall–Kier alpha value is -2.15. The predicted molar refractivity (Wildman–Crippen MR) is 71.6 cm³/mol. The molecule has 1 N–H and O–H groups in total. The molecule has 2 rings (SSSR count). The van der Waals surface area contributed by atoms with Gasteiger partial charge in [-0.2, -0.15) is 0 Å². The Balaban J connectivity index is 2.27. The molecule has 2 amide bonds. The van der Waals surface area contributed by atoms with E-state index in [1.54, 1.807) is 6.92 Å². The van der Waals surface area contributed by atoms with Crippen LogP contribution in [0.4, 0.5) is 5.69 Å².